The second kappa shape index (κ2) is 8.45. The third-order valence-electron chi connectivity index (χ3n) is 7.09. The highest BCUT2D eigenvalue weighted by molar-refractivity contribution is 5.78. The monoisotopic (exact) mass is 460 g/mol. The first kappa shape index (κ1) is 21.2. The Bertz CT molecular complexity index is 1350. The number of rotatable bonds is 4. The molecule has 1 aromatic carbocycles. The van der Waals surface area contributed by atoms with Crippen LogP contribution >= 0.6 is 0 Å². The van der Waals surface area contributed by atoms with Crippen molar-refractivity contribution in [3.8, 4) is 11.4 Å². The zero-order valence-electron chi connectivity index (χ0n) is 19.6. The highest BCUT2D eigenvalue weighted by atomic mass is 19.1. The van der Waals surface area contributed by atoms with Crippen molar-refractivity contribution < 1.29 is 4.39 Å². The van der Waals surface area contributed by atoms with E-state index in [1.54, 1.807) is 10.6 Å². The highest BCUT2D eigenvalue weighted by Gasteiger charge is 2.23. The van der Waals surface area contributed by atoms with Gasteiger partial charge in [-0.25, -0.2) is 14.4 Å². The topological polar surface area (TPSA) is 84.1 Å². The fraction of sp³-hybridized carbons (Fsp3) is 0.480. The molecular weight excluding hydrogens is 431 g/mol. The maximum atomic E-state index is 13.8. The van der Waals surface area contributed by atoms with E-state index in [9.17, 15) is 4.39 Å². The van der Waals surface area contributed by atoms with E-state index in [0.29, 0.717) is 28.5 Å². The molecule has 3 aromatic heterocycles. The van der Waals surface area contributed by atoms with Crippen molar-refractivity contribution >= 4 is 28.6 Å². The van der Waals surface area contributed by atoms with Gasteiger partial charge in [-0.1, -0.05) is 6.92 Å². The minimum Gasteiger partial charge on any atom is -0.351 e. The second-order valence-electron chi connectivity index (χ2n) is 9.73. The van der Waals surface area contributed by atoms with Gasteiger partial charge in [0.25, 0.3) is 0 Å². The minimum atomic E-state index is -0.332. The number of nitrogens with zero attached hydrogens (tertiary/aromatic N) is 7. The number of aryl methyl sites for hydroxylation is 1. The number of hydrogen-bond acceptors (Lipinski definition) is 7. The molecule has 0 amide bonds. The molecule has 0 unspecified atom stereocenters. The van der Waals surface area contributed by atoms with E-state index in [2.05, 4.69) is 22.1 Å². The molecule has 9 heteroatoms. The van der Waals surface area contributed by atoms with Crippen molar-refractivity contribution in [1.29, 1.82) is 0 Å². The number of hydrogen-bond donors (Lipinski definition) is 1. The van der Waals surface area contributed by atoms with Crippen LogP contribution in [-0.4, -0.2) is 48.7 Å². The molecule has 34 heavy (non-hydrogen) atoms. The number of aromatic nitrogens is 6. The quantitative estimate of drug-likeness (QED) is 0.469. The first-order valence-corrected chi connectivity index (χ1v) is 12.3. The lowest BCUT2D eigenvalue weighted by atomic mass is 9.87. The van der Waals surface area contributed by atoms with Gasteiger partial charge in [0.15, 0.2) is 5.65 Å². The zero-order valence-corrected chi connectivity index (χ0v) is 19.6. The molecular formula is C25H29FN8. The molecule has 1 aliphatic heterocycles. The lowest BCUT2D eigenvalue weighted by molar-refractivity contribution is 0.360. The molecule has 1 saturated heterocycles. The number of fused-ring (bicyclic) bond motifs is 2. The summed E-state index contributed by atoms with van der Waals surface area (Å²) in [6.45, 7) is 6.17. The Labute approximate surface area is 197 Å². The van der Waals surface area contributed by atoms with Gasteiger partial charge in [-0.05, 0) is 63.5 Å². The molecule has 176 valence electrons. The molecule has 4 aromatic rings. The molecule has 0 atom stereocenters. The Hall–Kier alpha value is -3.36. The third kappa shape index (κ3) is 3.93. The molecule has 0 radical (unpaired) electrons. The summed E-state index contributed by atoms with van der Waals surface area (Å²) in [7, 11) is 0. The summed E-state index contributed by atoms with van der Waals surface area (Å²) in [5.41, 5.74) is 3.92. The summed E-state index contributed by atoms with van der Waals surface area (Å²) in [5.74, 6) is 1.90. The van der Waals surface area contributed by atoms with E-state index >= 15 is 0 Å². The maximum Gasteiger partial charge on any atom is 0.230 e. The summed E-state index contributed by atoms with van der Waals surface area (Å²) < 4.78 is 15.6. The molecule has 4 heterocycles. The summed E-state index contributed by atoms with van der Waals surface area (Å²) in [6.07, 6.45) is 7.01. The Balaban J connectivity index is 1.44. The van der Waals surface area contributed by atoms with E-state index in [1.807, 2.05) is 13.0 Å². The van der Waals surface area contributed by atoms with Crippen LogP contribution in [0.5, 0.6) is 0 Å². The van der Waals surface area contributed by atoms with Crippen LogP contribution in [0.4, 0.5) is 16.3 Å². The van der Waals surface area contributed by atoms with Crippen molar-refractivity contribution in [3.05, 3.63) is 35.8 Å². The second-order valence-corrected chi connectivity index (χ2v) is 9.73. The molecule has 1 saturated carbocycles. The first-order chi connectivity index (χ1) is 16.5. The summed E-state index contributed by atoms with van der Waals surface area (Å²) >= 11 is 0. The van der Waals surface area contributed by atoms with E-state index < -0.39 is 0 Å². The normalized spacial score (nSPS) is 21.0. The lowest BCUT2D eigenvalue weighted by Crippen LogP contribution is -2.28. The molecule has 1 aliphatic carbocycles. The molecule has 2 aliphatic rings. The van der Waals surface area contributed by atoms with Gasteiger partial charge in [0.1, 0.15) is 17.2 Å². The smallest absolute Gasteiger partial charge is 0.230 e. The van der Waals surface area contributed by atoms with Crippen molar-refractivity contribution in [3.63, 3.8) is 0 Å². The van der Waals surface area contributed by atoms with Gasteiger partial charge < -0.3 is 10.2 Å². The maximum absolute atomic E-state index is 13.8. The minimum absolute atomic E-state index is 0.332. The largest absolute Gasteiger partial charge is 0.351 e. The Morgan fingerprint density at radius 3 is 2.53 bits per heavy atom. The molecule has 0 bridgehead atoms. The number of nitrogens with one attached hydrogen (secondary N) is 1. The van der Waals surface area contributed by atoms with Gasteiger partial charge in [-0.15, -0.1) is 0 Å². The van der Waals surface area contributed by atoms with Gasteiger partial charge in [-0.2, -0.15) is 19.6 Å². The van der Waals surface area contributed by atoms with Gasteiger partial charge >= 0.3 is 0 Å². The standard InChI is InChI=1S/C25H29FN8/c1-15-5-8-18(9-6-15)28-25-31-24(33-11-3-4-12-33)30-22-14-21(32-34(22)25)23-16(2)27-19-10-7-17(26)13-20(19)29-23/h7,10,13-15,18H,3-6,8-9,11-12H2,1-2H3,(H,28,30,31). The van der Waals surface area contributed by atoms with Gasteiger partial charge in [0, 0.05) is 31.3 Å². The summed E-state index contributed by atoms with van der Waals surface area (Å²) in [5, 5.41) is 8.50. The first-order valence-electron chi connectivity index (χ1n) is 12.3. The van der Waals surface area contributed by atoms with Crippen LogP contribution in [0.2, 0.25) is 0 Å². The number of halogens is 1. The van der Waals surface area contributed by atoms with Crippen LogP contribution in [0.25, 0.3) is 28.1 Å². The third-order valence-corrected chi connectivity index (χ3v) is 7.09. The van der Waals surface area contributed by atoms with Crippen molar-refractivity contribution in [2.24, 2.45) is 5.92 Å². The Kier molecular flexibility index (Phi) is 5.27. The fourth-order valence-corrected chi connectivity index (χ4v) is 5.09. The fourth-order valence-electron chi connectivity index (χ4n) is 5.09. The zero-order chi connectivity index (χ0) is 23.2. The van der Waals surface area contributed by atoms with E-state index in [1.165, 1.54) is 25.0 Å². The predicted molar refractivity (Wildman–Crippen MR) is 130 cm³/mol. The molecule has 2 fully saturated rings. The van der Waals surface area contributed by atoms with E-state index in [0.717, 1.165) is 67.9 Å². The average molecular weight is 461 g/mol. The molecule has 8 nitrogen and oxygen atoms in total. The Morgan fingerprint density at radius 2 is 1.74 bits per heavy atom. The van der Waals surface area contributed by atoms with Gasteiger partial charge in [0.05, 0.1) is 16.7 Å². The average Bonchev–Trinajstić information content (AvgIpc) is 3.50. The van der Waals surface area contributed by atoms with E-state index in [-0.39, 0.29) is 5.82 Å². The summed E-state index contributed by atoms with van der Waals surface area (Å²) in [4.78, 5) is 21.3. The van der Waals surface area contributed by atoms with Crippen LogP contribution < -0.4 is 10.2 Å². The number of anilines is 2. The predicted octanol–water partition coefficient (Wildman–Crippen LogP) is 4.77. The van der Waals surface area contributed by atoms with Crippen molar-refractivity contribution in [2.45, 2.75) is 58.4 Å². The van der Waals surface area contributed by atoms with E-state index in [4.69, 9.17) is 20.1 Å². The lowest BCUT2D eigenvalue weighted by Gasteiger charge is -2.27. The van der Waals surface area contributed by atoms with Crippen molar-refractivity contribution in [2.75, 3.05) is 23.3 Å². The Morgan fingerprint density at radius 1 is 0.941 bits per heavy atom. The summed E-state index contributed by atoms with van der Waals surface area (Å²) in [6, 6.07) is 6.76. The molecule has 1 N–H and O–H groups in total. The van der Waals surface area contributed by atoms with Crippen LogP contribution in [0.15, 0.2) is 24.3 Å². The van der Waals surface area contributed by atoms with Crippen molar-refractivity contribution in [1.82, 2.24) is 29.5 Å². The molecule has 6 rings (SSSR count). The van der Waals surface area contributed by atoms with Gasteiger partial charge in [-0.3, -0.25) is 0 Å². The van der Waals surface area contributed by atoms with Crippen LogP contribution in [-0.2, 0) is 0 Å². The molecule has 0 spiro atoms. The van der Waals surface area contributed by atoms with Gasteiger partial charge in [0.2, 0.25) is 11.9 Å². The number of benzene rings is 1. The van der Waals surface area contributed by atoms with Crippen LogP contribution in [0.1, 0.15) is 51.1 Å². The highest BCUT2D eigenvalue weighted by Crippen LogP contribution is 2.29. The SMILES string of the molecule is Cc1nc2ccc(F)cc2nc1-c1cc2nc(N3CCCC3)nc(NC3CCC(C)CC3)n2n1. The van der Waals surface area contributed by atoms with Crippen LogP contribution in [0, 0.1) is 18.7 Å². The van der Waals surface area contributed by atoms with Crippen LogP contribution in [0.3, 0.4) is 0 Å².